The van der Waals surface area contributed by atoms with Crippen molar-refractivity contribution in [3.8, 4) is 0 Å². The summed E-state index contributed by atoms with van der Waals surface area (Å²) in [5.74, 6) is 0.198. The summed E-state index contributed by atoms with van der Waals surface area (Å²) in [6.07, 6.45) is 3.53. The minimum Gasteiger partial charge on any atom is -0.459 e. The Balaban J connectivity index is 1.81. The number of halogens is 2. The van der Waals surface area contributed by atoms with Gasteiger partial charge < -0.3 is 13.9 Å². The molecule has 0 fully saturated rings. The molecule has 0 saturated carbocycles. The summed E-state index contributed by atoms with van der Waals surface area (Å²) in [6, 6.07) is 12.7. The van der Waals surface area contributed by atoms with Crippen LogP contribution in [0.25, 0.3) is 0 Å². The van der Waals surface area contributed by atoms with Gasteiger partial charge in [0.05, 0.1) is 22.4 Å². The molecule has 3 heterocycles. The van der Waals surface area contributed by atoms with Gasteiger partial charge in [-0.05, 0) is 42.0 Å². The van der Waals surface area contributed by atoms with E-state index in [1.54, 1.807) is 18.2 Å². The summed E-state index contributed by atoms with van der Waals surface area (Å²) in [7, 11) is 0. The van der Waals surface area contributed by atoms with E-state index in [9.17, 15) is 4.79 Å². The maximum absolute atomic E-state index is 12.9. The van der Waals surface area contributed by atoms with Gasteiger partial charge in [0.2, 0.25) is 0 Å². The van der Waals surface area contributed by atoms with Crippen LogP contribution >= 0.6 is 23.2 Å². The Morgan fingerprint density at radius 3 is 2.71 bits per heavy atom. The van der Waals surface area contributed by atoms with Crippen LogP contribution in [0.5, 0.6) is 0 Å². The predicted octanol–water partition coefficient (Wildman–Crippen LogP) is 4.63. The van der Waals surface area contributed by atoms with Gasteiger partial charge in [-0.25, -0.2) is 0 Å². The molecule has 0 aliphatic carbocycles. The van der Waals surface area contributed by atoms with Crippen LogP contribution in [0.4, 0.5) is 0 Å². The maximum atomic E-state index is 12.9. The molecule has 0 radical (unpaired) electrons. The van der Waals surface area contributed by atoms with E-state index in [0.717, 1.165) is 17.8 Å². The van der Waals surface area contributed by atoms with Crippen LogP contribution < -0.4 is 0 Å². The average molecular weight is 361 g/mol. The minimum absolute atomic E-state index is 0.136. The largest absolute Gasteiger partial charge is 0.459 e. The smallest absolute Gasteiger partial charge is 0.290 e. The van der Waals surface area contributed by atoms with E-state index in [1.165, 1.54) is 6.26 Å². The van der Waals surface area contributed by atoms with Crippen LogP contribution in [0.1, 0.15) is 27.9 Å². The highest BCUT2D eigenvalue weighted by Gasteiger charge is 2.33. The lowest BCUT2D eigenvalue weighted by Gasteiger charge is -2.37. The summed E-state index contributed by atoms with van der Waals surface area (Å²) in [5.41, 5.74) is 1.96. The summed E-state index contributed by atoms with van der Waals surface area (Å²) in [5, 5.41) is 0.971. The lowest BCUT2D eigenvalue weighted by Crippen LogP contribution is -2.42. The number of fused-ring (bicyclic) bond motifs is 1. The molecule has 1 unspecified atom stereocenters. The molecule has 4 rings (SSSR count). The predicted molar refractivity (Wildman–Crippen MR) is 92.5 cm³/mol. The SMILES string of the molecule is O=C(c1ccco1)N1CCn2cccc2C1c1ccc(Cl)c(Cl)c1. The Labute approximate surface area is 149 Å². The second kappa shape index (κ2) is 6.04. The van der Waals surface area contributed by atoms with Gasteiger partial charge in [-0.1, -0.05) is 29.3 Å². The van der Waals surface area contributed by atoms with E-state index in [-0.39, 0.29) is 11.9 Å². The number of benzene rings is 1. The molecule has 4 nitrogen and oxygen atoms in total. The van der Waals surface area contributed by atoms with Crippen LogP contribution in [-0.2, 0) is 6.54 Å². The highest BCUT2D eigenvalue weighted by atomic mass is 35.5. The van der Waals surface area contributed by atoms with E-state index >= 15 is 0 Å². The zero-order chi connectivity index (χ0) is 16.7. The Hall–Kier alpha value is -2.17. The number of hydrogen-bond donors (Lipinski definition) is 0. The van der Waals surface area contributed by atoms with Crippen LogP contribution in [0.3, 0.4) is 0 Å². The number of aromatic nitrogens is 1. The normalized spacial score (nSPS) is 16.9. The Bertz CT molecular complexity index is 886. The number of nitrogens with zero attached hydrogens (tertiary/aromatic N) is 2. The molecule has 1 aliphatic heterocycles. The van der Waals surface area contributed by atoms with E-state index < -0.39 is 0 Å². The molecule has 6 heteroatoms. The average Bonchev–Trinajstić information content (AvgIpc) is 3.27. The number of rotatable bonds is 2. The van der Waals surface area contributed by atoms with E-state index in [4.69, 9.17) is 27.6 Å². The number of furan rings is 1. The van der Waals surface area contributed by atoms with Crippen molar-refractivity contribution in [1.29, 1.82) is 0 Å². The molecular formula is C18H14Cl2N2O2. The molecule has 1 amide bonds. The van der Waals surface area contributed by atoms with Gasteiger partial charge in [-0.15, -0.1) is 0 Å². The Kier molecular flexibility index (Phi) is 3.87. The first-order valence-electron chi connectivity index (χ1n) is 7.59. The van der Waals surface area contributed by atoms with E-state index in [2.05, 4.69) is 4.57 Å². The fourth-order valence-electron chi connectivity index (χ4n) is 3.18. The quantitative estimate of drug-likeness (QED) is 0.667. The fourth-order valence-corrected chi connectivity index (χ4v) is 3.48. The van der Waals surface area contributed by atoms with Crippen LogP contribution in [0, 0.1) is 0 Å². The topological polar surface area (TPSA) is 38.4 Å². The molecular weight excluding hydrogens is 347 g/mol. The third-order valence-corrected chi connectivity index (χ3v) is 5.03. The molecule has 24 heavy (non-hydrogen) atoms. The van der Waals surface area contributed by atoms with E-state index in [1.807, 2.05) is 35.4 Å². The molecule has 0 spiro atoms. The molecule has 0 N–H and O–H groups in total. The Morgan fingerprint density at radius 1 is 1.08 bits per heavy atom. The standard InChI is InChI=1S/C18H14Cl2N2O2/c19-13-6-5-12(11-14(13)20)17-15-3-1-7-21(15)8-9-22(17)18(23)16-4-2-10-24-16/h1-7,10-11,17H,8-9H2. The summed E-state index contributed by atoms with van der Waals surface area (Å²) in [4.78, 5) is 14.7. The number of carbonyl (C=O) groups excluding carboxylic acids is 1. The number of amides is 1. The lowest BCUT2D eigenvalue weighted by molar-refractivity contribution is 0.0631. The first-order chi connectivity index (χ1) is 11.6. The van der Waals surface area contributed by atoms with Crippen molar-refractivity contribution in [2.75, 3.05) is 6.54 Å². The lowest BCUT2D eigenvalue weighted by atomic mass is 9.99. The van der Waals surface area contributed by atoms with Gasteiger partial charge in [0.1, 0.15) is 0 Å². The van der Waals surface area contributed by atoms with Gasteiger partial charge in [-0.3, -0.25) is 4.79 Å². The van der Waals surface area contributed by atoms with Crippen molar-refractivity contribution in [3.05, 3.63) is 82.0 Å². The first kappa shape index (κ1) is 15.4. The van der Waals surface area contributed by atoms with E-state index in [0.29, 0.717) is 22.4 Å². The fraction of sp³-hybridized carbons (Fsp3) is 0.167. The molecule has 2 aromatic heterocycles. The first-order valence-corrected chi connectivity index (χ1v) is 8.35. The zero-order valence-electron chi connectivity index (χ0n) is 12.7. The summed E-state index contributed by atoms with van der Waals surface area (Å²) >= 11 is 12.2. The van der Waals surface area contributed by atoms with Crippen LogP contribution in [-0.4, -0.2) is 21.9 Å². The third kappa shape index (κ3) is 2.52. The molecule has 1 aliphatic rings. The van der Waals surface area contributed by atoms with Crippen molar-refractivity contribution in [2.45, 2.75) is 12.6 Å². The van der Waals surface area contributed by atoms with Crippen molar-refractivity contribution in [1.82, 2.24) is 9.47 Å². The molecule has 122 valence electrons. The van der Waals surface area contributed by atoms with Crippen molar-refractivity contribution in [2.24, 2.45) is 0 Å². The second-order valence-electron chi connectivity index (χ2n) is 5.68. The van der Waals surface area contributed by atoms with Crippen molar-refractivity contribution >= 4 is 29.1 Å². The van der Waals surface area contributed by atoms with Gasteiger partial charge in [0, 0.05) is 25.0 Å². The third-order valence-electron chi connectivity index (χ3n) is 4.29. The van der Waals surface area contributed by atoms with Crippen molar-refractivity contribution in [3.63, 3.8) is 0 Å². The van der Waals surface area contributed by atoms with Gasteiger partial charge >= 0.3 is 0 Å². The highest BCUT2D eigenvalue weighted by Crippen LogP contribution is 2.36. The molecule has 1 aromatic carbocycles. The van der Waals surface area contributed by atoms with Crippen LogP contribution in [0.15, 0.2) is 59.3 Å². The monoisotopic (exact) mass is 360 g/mol. The number of carbonyl (C=O) groups is 1. The maximum Gasteiger partial charge on any atom is 0.290 e. The summed E-state index contributed by atoms with van der Waals surface area (Å²) in [6.45, 7) is 1.33. The molecule has 0 saturated heterocycles. The summed E-state index contributed by atoms with van der Waals surface area (Å²) < 4.78 is 7.45. The van der Waals surface area contributed by atoms with Gasteiger partial charge in [0.15, 0.2) is 5.76 Å². The van der Waals surface area contributed by atoms with Crippen LogP contribution in [0.2, 0.25) is 10.0 Å². The van der Waals surface area contributed by atoms with Gasteiger partial charge in [0.25, 0.3) is 5.91 Å². The molecule has 3 aromatic rings. The van der Waals surface area contributed by atoms with Gasteiger partial charge in [-0.2, -0.15) is 0 Å². The van der Waals surface area contributed by atoms with Crippen molar-refractivity contribution < 1.29 is 9.21 Å². The minimum atomic E-state index is -0.235. The highest BCUT2D eigenvalue weighted by molar-refractivity contribution is 6.42. The number of hydrogen-bond acceptors (Lipinski definition) is 2. The molecule has 1 atom stereocenters. The zero-order valence-corrected chi connectivity index (χ0v) is 14.2. The molecule has 0 bridgehead atoms. The second-order valence-corrected chi connectivity index (χ2v) is 6.49. The Morgan fingerprint density at radius 2 is 1.96 bits per heavy atom.